The Kier molecular flexibility index (Phi) is 4.19. The van der Waals surface area contributed by atoms with Gasteiger partial charge < -0.3 is 10.6 Å². The summed E-state index contributed by atoms with van der Waals surface area (Å²) in [5.74, 6) is -0.394. The van der Waals surface area contributed by atoms with Gasteiger partial charge in [-0.15, -0.1) is 0 Å². The first-order valence-corrected chi connectivity index (χ1v) is 6.48. The van der Waals surface area contributed by atoms with Gasteiger partial charge in [0.15, 0.2) is 0 Å². The summed E-state index contributed by atoms with van der Waals surface area (Å²) in [7, 11) is 1.67. The van der Waals surface area contributed by atoms with Gasteiger partial charge in [0, 0.05) is 35.0 Å². The highest BCUT2D eigenvalue weighted by molar-refractivity contribution is 9.10. The first kappa shape index (κ1) is 14.3. The predicted molar refractivity (Wildman–Crippen MR) is 80.0 cm³/mol. The van der Waals surface area contributed by atoms with Crippen LogP contribution in [-0.4, -0.2) is 12.0 Å². The van der Waals surface area contributed by atoms with Gasteiger partial charge in [0.1, 0.15) is 5.82 Å². The lowest BCUT2D eigenvalue weighted by atomic mass is 10.2. The van der Waals surface area contributed by atoms with Crippen LogP contribution in [0.5, 0.6) is 0 Å². The lowest BCUT2D eigenvalue weighted by Gasteiger charge is -2.10. The molecule has 0 atom stereocenters. The van der Waals surface area contributed by atoms with Gasteiger partial charge in [-0.05, 0) is 40.2 Å². The van der Waals surface area contributed by atoms with Gasteiger partial charge in [-0.25, -0.2) is 4.39 Å². The fraction of sp³-hybridized carbons (Fsp3) is 0.0769. The molecule has 2 aromatic rings. The number of nitrogens with zero attached hydrogens (tertiary/aromatic N) is 1. The lowest BCUT2D eigenvalue weighted by molar-refractivity contribution is -0.384. The maximum atomic E-state index is 13.2. The van der Waals surface area contributed by atoms with Gasteiger partial charge in [0.2, 0.25) is 0 Å². The van der Waals surface area contributed by atoms with Crippen LogP contribution < -0.4 is 10.6 Å². The summed E-state index contributed by atoms with van der Waals surface area (Å²) in [6, 6.07) is 8.70. The first-order chi connectivity index (χ1) is 9.49. The molecule has 104 valence electrons. The molecule has 0 bridgehead atoms. The van der Waals surface area contributed by atoms with E-state index < -0.39 is 10.7 Å². The summed E-state index contributed by atoms with van der Waals surface area (Å²) in [6.07, 6.45) is 0. The normalized spacial score (nSPS) is 10.2. The average molecular weight is 340 g/mol. The Balaban J connectivity index is 2.39. The number of hydrogen-bond acceptors (Lipinski definition) is 4. The molecule has 0 saturated carbocycles. The number of benzene rings is 2. The maximum Gasteiger partial charge on any atom is 0.273 e. The largest absolute Gasteiger partial charge is 0.388 e. The number of anilines is 3. The van der Waals surface area contributed by atoms with Crippen molar-refractivity contribution in [2.75, 3.05) is 17.7 Å². The summed E-state index contributed by atoms with van der Waals surface area (Å²) in [5.41, 5.74) is 1.53. The summed E-state index contributed by atoms with van der Waals surface area (Å²) >= 11 is 3.29. The summed E-state index contributed by atoms with van der Waals surface area (Å²) < 4.78 is 13.9. The Morgan fingerprint density at radius 2 is 1.90 bits per heavy atom. The van der Waals surface area contributed by atoms with Crippen molar-refractivity contribution in [3.63, 3.8) is 0 Å². The topological polar surface area (TPSA) is 67.2 Å². The van der Waals surface area contributed by atoms with E-state index in [1.807, 2.05) is 0 Å². The van der Waals surface area contributed by atoms with Crippen LogP contribution >= 0.6 is 15.9 Å². The molecule has 0 aliphatic heterocycles. The van der Waals surface area contributed by atoms with Gasteiger partial charge in [-0.3, -0.25) is 10.1 Å². The molecule has 0 fully saturated rings. The minimum Gasteiger partial charge on any atom is -0.388 e. The molecule has 0 spiro atoms. The molecule has 0 radical (unpaired) electrons. The van der Waals surface area contributed by atoms with Crippen molar-refractivity contribution in [2.45, 2.75) is 0 Å². The molecule has 0 saturated heterocycles. The van der Waals surface area contributed by atoms with Gasteiger partial charge in [0.25, 0.3) is 5.69 Å². The molecular formula is C13H11BrFN3O2. The molecule has 7 heteroatoms. The molecule has 0 unspecified atom stereocenters. The van der Waals surface area contributed by atoms with Crippen molar-refractivity contribution in [3.05, 3.63) is 56.8 Å². The fourth-order valence-corrected chi connectivity index (χ4v) is 2.03. The van der Waals surface area contributed by atoms with Crippen molar-refractivity contribution in [3.8, 4) is 0 Å². The monoisotopic (exact) mass is 339 g/mol. The van der Waals surface area contributed by atoms with Gasteiger partial charge in [0.05, 0.1) is 10.6 Å². The number of nitro groups is 1. The first-order valence-electron chi connectivity index (χ1n) is 5.69. The summed E-state index contributed by atoms with van der Waals surface area (Å²) in [6.45, 7) is 0. The maximum absolute atomic E-state index is 13.2. The van der Waals surface area contributed by atoms with E-state index in [2.05, 4.69) is 26.6 Å². The number of rotatable bonds is 4. The standard InChI is InChI=1S/C13H11BrFN3O2/c1-16-9-5-10(7-11(6-9)18(19)20)17-13-4-8(15)2-3-12(13)14/h2-7,16-17H,1H3. The zero-order chi connectivity index (χ0) is 14.7. The Labute approximate surface area is 123 Å². The SMILES string of the molecule is CNc1cc(Nc2cc(F)ccc2Br)cc([N+](=O)[O-])c1. The number of nitrogens with one attached hydrogen (secondary N) is 2. The van der Waals surface area contributed by atoms with E-state index in [4.69, 9.17) is 0 Å². The zero-order valence-electron chi connectivity index (χ0n) is 10.5. The van der Waals surface area contributed by atoms with E-state index in [1.165, 1.54) is 24.3 Å². The predicted octanol–water partition coefficient (Wildman–Crippen LogP) is 4.28. The molecule has 2 aromatic carbocycles. The van der Waals surface area contributed by atoms with Crippen molar-refractivity contribution < 1.29 is 9.31 Å². The fourth-order valence-electron chi connectivity index (χ4n) is 1.68. The summed E-state index contributed by atoms with van der Waals surface area (Å²) in [5, 5.41) is 16.7. The molecule has 0 aromatic heterocycles. The molecule has 20 heavy (non-hydrogen) atoms. The Morgan fingerprint density at radius 3 is 2.55 bits per heavy atom. The highest BCUT2D eigenvalue weighted by atomic mass is 79.9. The van der Waals surface area contributed by atoms with Gasteiger partial charge >= 0.3 is 0 Å². The van der Waals surface area contributed by atoms with Crippen molar-refractivity contribution >= 4 is 38.7 Å². The van der Waals surface area contributed by atoms with E-state index in [0.717, 1.165) is 0 Å². The minimum atomic E-state index is -0.480. The molecule has 0 heterocycles. The number of hydrogen-bond donors (Lipinski definition) is 2. The van der Waals surface area contributed by atoms with E-state index in [1.54, 1.807) is 19.2 Å². The van der Waals surface area contributed by atoms with E-state index in [-0.39, 0.29) is 5.69 Å². The van der Waals surface area contributed by atoms with Crippen molar-refractivity contribution in [1.82, 2.24) is 0 Å². The molecule has 0 aliphatic rings. The van der Waals surface area contributed by atoms with E-state index in [0.29, 0.717) is 21.5 Å². The van der Waals surface area contributed by atoms with Crippen LogP contribution in [0.4, 0.5) is 27.1 Å². The second-order valence-electron chi connectivity index (χ2n) is 4.02. The van der Waals surface area contributed by atoms with E-state index in [9.17, 15) is 14.5 Å². The van der Waals surface area contributed by atoms with Crippen LogP contribution in [0.3, 0.4) is 0 Å². The molecular weight excluding hydrogens is 329 g/mol. The molecule has 0 aliphatic carbocycles. The number of nitro benzene ring substituents is 1. The van der Waals surface area contributed by atoms with E-state index >= 15 is 0 Å². The molecule has 0 amide bonds. The quantitative estimate of drug-likeness (QED) is 0.644. The second kappa shape index (κ2) is 5.87. The highest BCUT2D eigenvalue weighted by Crippen LogP contribution is 2.30. The third-order valence-electron chi connectivity index (χ3n) is 2.62. The third kappa shape index (κ3) is 3.24. The molecule has 5 nitrogen and oxygen atoms in total. The van der Waals surface area contributed by atoms with Crippen LogP contribution in [0.1, 0.15) is 0 Å². The van der Waals surface area contributed by atoms with Crippen LogP contribution in [0.2, 0.25) is 0 Å². The third-order valence-corrected chi connectivity index (χ3v) is 3.32. The molecule has 2 N–H and O–H groups in total. The van der Waals surface area contributed by atoms with Gasteiger partial charge in [-0.1, -0.05) is 0 Å². The van der Waals surface area contributed by atoms with Crippen LogP contribution in [0, 0.1) is 15.9 Å². The number of halogens is 2. The Morgan fingerprint density at radius 1 is 1.20 bits per heavy atom. The van der Waals surface area contributed by atoms with Gasteiger partial charge in [-0.2, -0.15) is 0 Å². The summed E-state index contributed by atoms with van der Waals surface area (Å²) in [4.78, 5) is 10.4. The second-order valence-corrected chi connectivity index (χ2v) is 4.88. The lowest BCUT2D eigenvalue weighted by Crippen LogP contribution is -1.97. The smallest absolute Gasteiger partial charge is 0.273 e. The van der Waals surface area contributed by atoms with Crippen molar-refractivity contribution in [1.29, 1.82) is 0 Å². The Bertz CT molecular complexity index is 664. The van der Waals surface area contributed by atoms with Crippen molar-refractivity contribution in [2.24, 2.45) is 0 Å². The van der Waals surface area contributed by atoms with Crippen LogP contribution in [-0.2, 0) is 0 Å². The number of non-ortho nitro benzene ring substituents is 1. The minimum absolute atomic E-state index is 0.0492. The average Bonchev–Trinajstić information content (AvgIpc) is 2.42. The van der Waals surface area contributed by atoms with Crippen LogP contribution in [0.15, 0.2) is 40.9 Å². The zero-order valence-corrected chi connectivity index (χ0v) is 12.1. The highest BCUT2D eigenvalue weighted by Gasteiger charge is 2.10. The molecule has 2 rings (SSSR count). The van der Waals surface area contributed by atoms with Crippen LogP contribution in [0.25, 0.3) is 0 Å². The Hall–Kier alpha value is -2.15.